The SMILES string of the molecule is CN1Cc2c(Cl)cccc2C(c2ccccc2)C1. The van der Waals surface area contributed by atoms with Crippen LogP contribution in [0.5, 0.6) is 0 Å². The summed E-state index contributed by atoms with van der Waals surface area (Å²) in [5, 5.41) is 0.889. The summed E-state index contributed by atoms with van der Waals surface area (Å²) in [5.74, 6) is 0.429. The van der Waals surface area contributed by atoms with Gasteiger partial charge >= 0.3 is 0 Å². The van der Waals surface area contributed by atoms with Crippen molar-refractivity contribution in [3.8, 4) is 0 Å². The van der Waals surface area contributed by atoms with E-state index in [1.165, 1.54) is 16.7 Å². The predicted molar refractivity (Wildman–Crippen MR) is 76.1 cm³/mol. The van der Waals surface area contributed by atoms with Gasteiger partial charge in [0, 0.05) is 24.0 Å². The van der Waals surface area contributed by atoms with E-state index in [1.807, 2.05) is 6.07 Å². The average molecular weight is 258 g/mol. The molecule has 3 rings (SSSR count). The minimum atomic E-state index is 0.429. The van der Waals surface area contributed by atoms with Crippen LogP contribution < -0.4 is 0 Å². The van der Waals surface area contributed by atoms with Crippen LogP contribution in [0.2, 0.25) is 5.02 Å². The first-order valence-electron chi connectivity index (χ1n) is 6.26. The molecule has 1 unspecified atom stereocenters. The van der Waals surface area contributed by atoms with Crippen LogP contribution in [0, 0.1) is 0 Å². The standard InChI is InChI=1S/C16H16ClN/c1-18-10-14(12-6-3-2-4-7-12)13-8-5-9-16(17)15(13)11-18/h2-9,14H,10-11H2,1H3. The second-order valence-corrected chi connectivity index (χ2v) is 5.37. The first-order valence-corrected chi connectivity index (χ1v) is 6.64. The summed E-state index contributed by atoms with van der Waals surface area (Å²) in [5.41, 5.74) is 4.03. The van der Waals surface area contributed by atoms with Crippen molar-refractivity contribution in [1.29, 1.82) is 0 Å². The van der Waals surface area contributed by atoms with Crippen molar-refractivity contribution in [3.63, 3.8) is 0 Å². The van der Waals surface area contributed by atoms with Crippen molar-refractivity contribution in [2.45, 2.75) is 12.5 Å². The Bertz CT molecular complexity index is 550. The molecule has 1 nitrogen and oxygen atoms in total. The van der Waals surface area contributed by atoms with E-state index >= 15 is 0 Å². The first-order chi connectivity index (χ1) is 8.75. The molecule has 0 aromatic heterocycles. The van der Waals surface area contributed by atoms with E-state index in [1.54, 1.807) is 0 Å². The fourth-order valence-electron chi connectivity index (χ4n) is 2.78. The van der Waals surface area contributed by atoms with Crippen LogP contribution in [0.1, 0.15) is 22.6 Å². The van der Waals surface area contributed by atoms with Crippen molar-refractivity contribution in [3.05, 3.63) is 70.2 Å². The summed E-state index contributed by atoms with van der Waals surface area (Å²) in [7, 11) is 2.15. The molecule has 0 N–H and O–H groups in total. The maximum Gasteiger partial charge on any atom is 0.0454 e. The van der Waals surface area contributed by atoms with Crippen LogP contribution in [0.4, 0.5) is 0 Å². The molecule has 18 heavy (non-hydrogen) atoms. The number of benzene rings is 2. The largest absolute Gasteiger partial charge is 0.301 e. The molecule has 0 amide bonds. The van der Waals surface area contributed by atoms with Gasteiger partial charge in [-0.2, -0.15) is 0 Å². The van der Waals surface area contributed by atoms with Crippen LogP contribution in [-0.4, -0.2) is 18.5 Å². The predicted octanol–water partition coefficient (Wildman–Crippen LogP) is 3.92. The third kappa shape index (κ3) is 2.05. The lowest BCUT2D eigenvalue weighted by Crippen LogP contribution is -2.31. The van der Waals surface area contributed by atoms with Gasteiger partial charge in [-0.05, 0) is 29.8 Å². The number of hydrogen-bond donors (Lipinski definition) is 0. The zero-order chi connectivity index (χ0) is 12.5. The Hall–Kier alpha value is -1.31. The third-order valence-corrected chi connectivity index (χ3v) is 4.01. The summed E-state index contributed by atoms with van der Waals surface area (Å²) in [6, 6.07) is 16.9. The van der Waals surface area contributed by atoms with Gasteiger partial charge in [-0.3, -0.25) is 0 Å². The van der Waals surface area contributed by atoms with Crippen molar-refractivity contribution in [2.75, 3.05) is 13.6 Å². The zero-order valence-corrected chi connectivity index (χ0v) is 11.2. The second kappa shape index (κ2) is 4.75. The van der Waals surface area contributed by atoms with E-state index in [0.717, 1.165) is 18.1 Å². The number of fused-ring (bicyclic) bond motifs is 1. The van der Waals surface area contributed by atoms with E-state index < -0.39 is 0 Å². The molecule has 2 aromatic rings. The van der Waals surface area contributed by atoms with Crippen LogP contribution in [0.25, 0.3) is 0 Å². The lowest BCUT2D eigenvalue weighted by Gasteiger charge is -2.33. The van der Waals surface area contributed by atoms with Crippen molar-refractivity contribution in [1.82, 2.24) is 4.90 Å². The lowest BCUT2D eigenvalue weighted by molar-refractivity contribution is 0.295. The molecule has 0 aliphatic carbocycles. The summed E-state index contributed by atoms with van der Waals surface area (Å²) in [6.45, 7) is 2.00. The van der Waals surface area contributed by atoms with Gasteiger partial charge in [-0.1, -0.05) is 54.1 Å². The Balaban J connectivity index is 2.11. The van der Waals surface area contributed by atoms with E-state index in [2.05, 4.69) is 54.4 Å². The topological polar surface area (TPSA) is 3.24 Å². The number of likely N-dealkylation sites (N-methyl/N-ethyl adjacent to an activating group) is 1. The molecule has 1 atom stereocenters. The molecule has 2 heteroatoms. The molecular weight excluding hydrogens is 242 g/mol. The fourth-order valence-corrected chi connectivity index (χ4v) is 3.03. The minimum absolute atomic E-state index is 0.429. The molecule has 2 aromatic carbocycles. The first kappa shape index (κ1) is 11.8. The highest BCUT2D eigenvalue weighted by atomic mass is 35.5. The molecule has 1 heterocycles. The van der Waals surface area contributed by atoms with E-state index in [4.69, 9.17) is 11.6 Å². The number of rotatable bonds is 1. The molecule has 0 fully saturated rings. The van der Waals surface area contributed by atoms with Gasteiger partial charge in [0.25, 0.3) is 0 Å². The Morgan fingerprint density at radius 2 is 1.83 bits per heavy atom. The quantitative estimate of drug-likeness (QED) is 0.749. The lowest BCUT2D eigenvalue weighted by atomic mass is 9.85. The maximum atomic E-state index is 6.33. The number of nitrogens with zero attached hydrogens (tertiary/aromatic N) is 1. The van der Waals surface area contributed by atoms with Crippen molar-refractivity contribution in [2.24, 2.45) is 0 Å². The van der Waals surface area contributed by atoms with Crippen molar-refractivity contribution < 1.29 is 0 Å². The van der Waals surface area contributed by atoms with Gasteiger partial charge in [0.15, 0.2) is 0 Å². The zero-order valence-electron chi connectivity index (χ0n) is 10.4. The van der Waals surface area contributed by atoms with Gasteiger partial charge in [-0.25, -0.2) is 0 Å². The average Bonchev–Trinajstić information content (AvgIpc) is 2.40. The molecular formula is C16H16ClN. The minimum Gasteiger partial charge on any atom is -0.301 e. The summed E-state index contributed by atoms with van der Waals surface area (Å²) in [4.78, 5) is 2.34. The Labute approximate surface area is 113 Å². The van der Waals surface area contributed by atoms with Gasteiger partial charge < -0.3 is 4.90 Å². The molecule has 92 valence electrons. The number of hydrogen-bond acceptors (Lipinski definition) is 1. The molecule has 0 saturated carbocycles. The molecule has 0 spiro atoms. The van der Waals surface area contributed by atoms with Crippen LogP contribution in [0.15, 0.2) is 48.5 Å². The Kier molecular flexibility index (Phi) is 3.11. The van der Waals surface area contributed by atoms with Crippen LogP contribution >= 0.6 is 11.6 Å². The van der Waals surface area contributed by atoms with Crippen molar-refractivity contribution >= 4 is 11.6 Å². The van der Waals surface area contributed by atoms with Gasteiger partial charge in [0.2, 0.25) is 0 Å². The van der Waals surface area contributed by atoms with Gasteiger partial charge in [0.05, 0.1) is 0 Å². The highest BCUT2D eigenvalue weighted by Crippen LogP contribution is 2.35. The molecule has 1 aliphatic heterocycles. The summed E-state index contributed by atoms with van der Waals surface area (Å²) < 4.78 is 0. The van der Waals surface area contributed by atoms with Crippen LogP contribution in [-0.2, 0) is 6.54 Å². The van der Waals surface area contributed by atoms with Gasteiger partial charge in [-0.15, -0.1) is 0 Å². The van der Waals surface area contributed by atoms with E-state index in [-0.39, 0.29) is 0 Å². The molecule has 0 saturated heterocycles. The monoisotopic (exact) mass is 257 g/mol. The van der Waals surface area contributed by atoms with E-state index in [0.29, 0.717) is 5.92 Å². The summed E-state index contributed by atoms with van der Waals surface area (Å²) in [6.07, 6.45) is 0. The molecule has 0 bridgehead atoms. The van der Waals surface area contributed by atoms with E-state index in [9.17, 15) is 0 Å². The molecule has 0 radical (unpaired) electrons. The normalized spacial score (nSPS) is 19.6. The Morgan fingerprint density at radius 1 is 1.06 bits per heavy atom. The smallest absolute Gasteiger partial charge is 0.0454 e. The van der Waals surface area contributed by atoms with Gasteiger partial charge in [0.1, 0.15) is 0 Å². The fraction of sp³-hybridized carbons (Fsp3) is 0.250. The highest BCUT2D eigenvalue weighted by molar-refractivity contribution is 6.31. The number of halogens is 1. The maximum absolute atomic E-state index is 6.33. The second-order valence-electron chi connectivity index (χ2n) is 4.97. The van der Waals surface area contributed by atoms with Crippen LogP contribution in [0.3, 0.4) is 0 Å². The Morgan fingerprint density at radius 3 is 2.61 bits per heavy atom. The third-order valence-electron chi connectivity index (χ3n) is 3.65. The highest BCUT2D eigenvalue weighted by Gasteiger charge is 2.25. The summed E-state index contributed by atoms with van der Waals surface area (Å²) >= 11 is 6.33. The molecule has 1 aliphatic rings.